The molecule has 0 aliphatic rings. The molecule has 5 heteroatoms. The maximum Gasteiger partial charge on any atom is 0.220 e. The van der Waals surface area contributed by atoms with Crippen LogP contribution in [0.3, 0.4) is 0 Å². The minimum atomic E-state index is -1.17. The molecule has 0 saturated carbocycles. The van der Waals surface area contributed by atoms with Crippen LogP contribution in [0, 0.1) is 0 Å². The highest BCUT2D eigenvalue weighted by atomic mass is 16.3. The van der Waals surface area contributed by atoms with Gasteiger partial charge in [0.25, 0.3) is 0 Å². The predicted molar refractivity (Wildman–Crippen MR) is 245 cm³/mol. The number of nitrogens with one attached hydrogen (secondary N) is 1. The Bertz CT molecular complexity index is 870. The molecular formula is C51H97NO4. The maximum absolute atomic E-state index is 12.5. The van der Waals surface area contributed by atoms with Crippen molar-refractivity contribution in [3.05, 3.63) is 36.5 Å². The molecule has 4 N–H and O–H groups in total. The normalized spacial score (nSPS) is 13.7. The number of unbranched alkanes of at least 4 members (excludes halogenated alkanes) is 31. The molecule has 0 aromatic carbocycles. The van der Waals surface area contributed by atoms with Crippen molar-refractivity contribution in [1.29, 1.82) is 0 Å². The van der Waals surface area contributed by atoms with Crippen LogP contribution in [0.2, 0.25) is 0 Å². The van der Waals surface area contributed by atoms with Crippen LogP contribution in [-0.4, -0.2) is 46.1 Å². The summed E-state index contributed by atoms with van der Waals surface area (Å²) in [5, 5.41) is 33.6. The van der Waals surface area contributed by atoms with E-state index in [0.717, 1.165) is 44.9 Å². The van der Waals surface area contributed by atoms with Crippen molar-refractivity contribution >= 4 is 5.91 Å². The van der Waals surface area contributed by atoms with Crippen LogP contribution in [0.15, 0.2) is 36.5 Å². The zero-order chi connectivity index (χ0) is 40.8. The lowest BCUT2D eigenvalue weighted by molar-refractivity contribution is -0.124. The van der Waals surface area contributed by atoms with E-state index in [1.54, 1.807) is 0 Å². The first-order chi connectivity index (χ1) is 27.6. The largest absolute Gasteiger partial charge is 0.394 e. The third-order valence-corrected chi connectivity index (χ3v) is 11.4. The molecule has 0 aromatic rings. The van der Waals surface area contributed by atoms with Crippen molar-refractivity contribution in [3.63, 3.8) is 0 Å². The summed E-state index contributed by atoms with van der Waals surface area (Å²) in [5.74, 6) is -0.161. The monoisotopic (exact) mass is 788 g/mol. The summed E-state index contributed by atoms with van der Waals surface area (Å²) in [7, 11) is 0. The number of carbonyl (C=O) groups is 1. The van der Waals surface area contributed by atoms with Crippen molar-refractivity contribution in [2.24, 2.45) is 0 Å². The Morgan fingerprint density at radius 3 is 1.09 bits per heavy atom. The second-order valence-corrected chi connectivity index (χ2v) is 17.0. The molecule has 56 heavy (non-hydrogen) atoms. The molecule has 330 valence electrons. The SMILES string of the molecule is CCCCCCCCCCCC/C=C/CC/C=C/CCCC(O)C(O)C(CO)NC(=O)CCCCCCCCC/C=C\CCCCCCCCCCCCCC. The van der Waals surface area contributed by atoms with Gasteiger partial charge >= 0.3 is 0 Å². The topological polar surface area (TPSA) is 89.8 Å². The average Bonchev–Trinajstić information content (AvgIpc) is 3.20. The van der Waals surface area contributed by atoms with E-state index in [1.165, 1.54) is 186 Å². The summed E-state index contributed by atoms with van der Waals surface area (Å²) in [5.41, 5.74) is 0. The number of amides is 1. The van der Waals surface area contributed by atoms with Gasteiger partial charge in [0.05, 0.1) is 18.8 Å². The third kappa shape index (κ3) is 40.8. The van der Waals surface area contributed by atoms with Crippen molar-refractivity contribution in [1.82, 2.24) is 5.32 Å². The standard InChI is InChI=1S/C51H97NO4/c1-3-5-7-9-11-13-15-17-19-21-23-24-25-26-28-30-32-34-36-38-40-42-44-46-50(55)52-48(47-53)51(56)49(54)45-43-41-39-37-35-33-31-29-27-22-20-18-16-14-12-10-8-6-4-2/h26,28-29,31,37,39,48-49,51,53-54,56H,3-25,27,30,32-36,38,40-47H2,1-2H3,(H,52,55)/b28-26-,31-29+,39-37+. The highest BCUT2D eigenvalue weighted by Gasteiger charge is 2.26. The van der Waals surface area contributed by atoms with Gasteiger partial charge in [-0.05, 0) is 77.0 Å². The van der Waals surface area contributed by atoms with Gasteiger partial charge in [-0.15, -0.1) is 0 Å². The highest BCUT2D eigenvalue weighted by Crippen LogP contribution is 2.15. The Morgan fingerprint density at radius 2 is 0.732 bits per heavy atom. The molecule has 1 amide bonds. The summed E-state index contributed by atoms with van der Waals surface area (Å²) < 4.78 is 0. The van der Waals surface area contributed by atoms with Crippen LogP contribution >= 0.6 is 0 Å². The van der Waals surface area contributed by atoms with Crippen LogP contribution in [0.4, 0.5) is 0 Å². The van der Waals surface area contributed by atoms with E-state index in [9.17, 15) is 20.1 Å². The average molecular weight is 788 g/mol. The van der Waals surface area contributed by atoms with Crippen LogP contribution < -0.4 is 5.32 Å². The molecule has 0 aliphatic carbocycles. The summed E-state index contributed by atoms with van der Waals surface area (Å²) in [6.45, 7) is 4.18. The first-order valence-corrected chi connectivity index (χ1v) is 24.8. The van der Waals surface area contributed by atoms with Gasteiger partial charge in [0, 0.05) is 6.42 Å². The number of rotatable bonds is 45. The molecule has 0 fully saturated rings. The summed E-state index contributed by atoms with van der Waals surface area (Å²) in [6.07, 6.45) is 58.4. The van der Waals surface area contributed by atoms with Crippen molar-refractivity contribution in [2.75, 3.05) is 6.61 Å². The lowest BCUT2D eigenvalue weighted by atomic mass is 10.0. The quantitative estimate of drug-likeness (QED) is 0.0365. The van der Waals surface area contributed by atoms with Gasteiger partial charge in [-0.25, -0.2) is 0 Å². The zero-order valence-electron chi connectivity index (χ0n) is 37.5. The van der Waals surface area contributed by atoms with Gasteiger partial charge in [-0.3, -0.25) is 4.79 Å². The summed E-state index contributed by atoms with van der Waals surface area (Å²) in [6, 6.07) is -0.835. The van der Waals surface area contributed by atoms with Crippen LogP contribution in [0.25, 0.3) is 0 Å². The fourth-order valence-electron chi connectivity index (χ4n) is 7.59. The van der Waals surface area contributed by atoms with Gasteiger partial charge in [0.15, 0.2) is 0 Å². The fourth-order valence-corrected chi connectivity index (χ4v) is 7.59. The highest BCUT2D eigenvalue weighted by molar-refractivity contribution is 5.76. The number of allylic oxidation sites excluding steroid dienone is 6. The van der Waals surface area contributed by atoms with Gasteiger partial charge in [-0.2, -0.15) is 0 Å². The molecule has 0 heterocycles. The van der Waals surface area contributed by atoms with Crippen LogP contribution in [0.5, 0.6) is 0 Å². The van der Waals surface area contributed by atoms with E-state index in [1.807, 2.05) is 0 Å². The molecular weight excluding hydrogens is 691 g/mol. The number of aliphatic hydroxyl groups excluding tert-OH is 3. The van der Waals surface area contributed by atoms with E-state index in [0.29, 0.717) is 12.8 Å². The smallest absolute Gasteiger partial charge is 0.220 e. The van der Waals surface area contributed by atoms with E-state index >= 15 is 0 Å². The molecule has 0 rings (SSSR count). The fraction of sp³-hybridized carbons (Fsp3) is 0.863. The van der Waals surface area contributed by atoms with E-state index in [2.05, 4.69) is 55.6 Å². The molecule has 0 spiro atoms. The molecule has 3 unspecified atom stereocenters. The Balaban J connectivity index is 3.65. The number of hydrogen-bond acceptors (Lipinski definition) is 4. The zero-order valence-corrected chi connectivity index (χ0v) is 37.5. The van der Waals surface area contributed by atoms with E-state index in [-0.39, 0.29) is 12.5 Å². The molecule has 0 bridgehead atoms. The van der Waals surface area contributed by atoms with Crippen LogP contribution in [0.1, 0.15) is 258 Å². The minimum Gasteiger partial charge on any atom is -0.394 e. The molecule has 0 aromatic heterocycles. The molecule has 0 saturated heterocycles. The van der Waals surface area contributed by atoms with Gasteiger partial charge < -0.3 is 20.6 Å². The Kier molecular flexibility index (Phi) is 45.1. The van der Waals surface area contributed by atoms with Crippen molar-refractivity contribution in [2.45, 2.75) is 276 Å². The second kappa shape index (κ2) is 46.3. The van der Waals surface area contributed by atoms with Gasteiger partial charge in [0.1, 0.15) is 6.10 Å². The predicted octanol–water partition coefficient (Wildman–Crippen LogP) is 14.7. The Morgan fingerprint density at radius 1 is 0.429 bits per heavy atom. The lowest BCUT2D eigenvalue weighted by Gasteiger charge is -2.26. The van der Waals surface area contributed by atoms with Crippen LogP contribution in [-0.2, 0) is 4.79 Å². The van der Waals surface area contributed by atoms with Gasteiger partial charge in [-0.1, -0.05) is 211 Å². The lowest BCUT2D eigenvalue weighted by Crippen LogP contribution is -2.50. The first-order valence-electron chi connectivity index (χ1n) is 24.8. The van der Waals surface area contributed by atoms with Crippen molar-refractivity contribution < 1.29 is 20.1 Å². The van der Waals surface area contributed by atoms with Crippen molar-refractivity contribution in [3.8, 4) is 0 Å². The van der Waals surface area contributed by atoms with Gasteiger partial charge in [0.2, 0.25) is 5.91 Å². The Hall–Kier alpha value is -1.43. The summed E-state index contributed by atoms with van der Waals surface area (Å²) in [4.78, 5) is 12.5. The number of carbonyl (C=O) groups excluding carboxylic acids is 1. The first kappa shape index (κ1) is 54.6. The summed E-state index contributed by atoms with van der Waals surface area (Å²) >= 11 is 0. The molecule has 0 aliphatic heterocycles. The Labute approximate surface area is 349 Å². The molecule has 3 atom stereocenters. The molecule has 5 nitrogen and oxygen atoms in total. The molecule has 0 radical (unpaired) electrons. The van der Waals surface area contributed by atoms with E-state index in [4.69, 9.17) is 0 Å². The van der Waals surface area contributed by atoms with E-state index < -0.39 is 18.2 Å². The maximum atomic E-state index is 12.5. The number of aliphatic hydroxyl groups is 3. The second-order valence-electron chi connectivity index (χ2n) is 17.0. The number of hydrogen-bond donors (Lipinski definition) is 4. The third-order valence-electron chi connectivity index (χ3n) is 11.4. The minimum absolute atomic E-state index is 0.161.